The van der Waals surface area contributed by atoms with Crippen molar-refractivity contribution in [1.82, 2.24) is 25.5 Å². The molecule has 1 aromatic carbocycles. The second kappa shape index (κ2) is 7.00. The van der Waals surface area contributed by atoms with E-state index >= 15 is 0 Å². The third-order valence-corrected chi connectivity index (χ3v) is 5.07. The van der Waals surface area contributed by atoms with Crippen molar-refractivity contribution < 1.29 is 19.4 Å². The molecule has 2 saturated heterocycles. The van der Waals surface area contributed by atoms with Crippen LogP contribution < -0.4 is 5.32 Å². The quantitative estimate of drug-likeness (QED) is 0.835. The van der Waals surface area contributed by atoms with E-state index in [-0.39, 0.29) is 28.9 Å². The second-order valence-electron chi connectivity index (χ2n) is 6.76. The molecule has 4 rings (SSSR count). The van der Waals surface area contributed by atoms with Crippen molar-refractivity contribution in [3.8, 4) is 11.4 Å². The first-order valence-electron chi connectivity index (χ1n) is 8.74. The fraction of sp³-hybridized carbons (Fsp3) is 0.529. The van der Waals surface area contributed by atoms with E-state index in [1.807, 2.05) is 0 Å². The van der Waals surface area contributed by atoms with Crippen molar-refractivity contribution in [2.45, 2.75) is 37.3 Å². The van der Waals surface area contributed by atoms with E-state index in [4.69, 9.17) is 9.47 Å². The number of carbonyl (C=O) groups is 1. The number of hydrogen-bond donors (Lipinski definition) is 2. The Morgan fingerprint density at radius 2 is 2.15 bits per heavy atom. The Hall–Kier alpha value is -2.52. The second-order valence-corrected chi connectivity index (χ2v) is 6.76. The van der Waals surface area contributed by atoms with Crippen LogP contribution in [-0.2, 0) is 9.47 Å². The summed E-state index contributed by atoms with van der Waals surface area (Å²) < 4.78 is 12.8. The predicted molar refractivity (Wildman–Crippen MR) is 90.0 cm³/mol. The number of amides is 1. The molecule has 0 aliphatic carbocycles. The van der Waals surface area contributed by atoms with Crippen molar-refractivity contribution >= 4 is 5.91 Å². The fourth-order valence-corrected chi connectivity index (χ4v) is 3.64. The van der Waals surface area contributed by atoms with Gasteiger partial charge >= 0.3 is 0 Å². The van der Waals surface area contributed by atoms with E-state index in [0.29, 0.717) is 25.5 Å². The number of phenols is 1. The molecule has 0 radical (unpaired) electrons. The molecule has 0 bridgehead atoms. The number of aromatic hydroxyl groups is 1. The molecule has 1 spiro atoms. The molecule has 2 fully saturated rings. The first-order chi connectivity index (χ1) is 12.7. The molecule has 26 heavy (non-hydrogen) atoms. The zero-order valence-corrected chi connectivity index (χ0v) is 14.3. The molecule has 3 heterocycles. The van der Waals surface area contributed by atoms with Gasteiger partial charge in [-0.2, -0.15) is 0 Å². The normalized spacial score (nSPS) is 22.2. The number of tetrazole rings is 1. The molecule has 138 valence electrons. The summed E-state index contributed by atoms with van der Waals surface area (Å²) in [5.41, 5.74) is 0.617. The monoisotopic (exact) mass is 359 g/mol. The van der Waals surface area contributed by atoms with Crippen LogP contribution >= 0.6 is 0 Å². The maximum Gasteiger partial charge on any atom is 0.255 e. The standard InChI is InChI=1S/C17H21N5O4/c23-15-9-13(22-11-18-20-21-22)1-2-14(15)16(24)19-12-3-6-26-17(10-12)4-7-25-8-5-17/h1-2,9,11-12,23H,3-8,10H2,(H,19,24). The van der Waals surface area contributed by atoms with Gasteiger partial charge in [-0.3, -0.25) is 4.79 Å². The highest BCUT2D eigenvalue weighted by Gasteiger charge is 2.39. The summed E-state index contributed by atoms with van der Waals surface area (Å²) >= 11 is 0. The van der Waals surface area contributed by atoms with E-state index in [0.717, 1.165) is 25.7 Å². The zero-order chi connectivity index (χ0) is 18.0. The van der Waals surface area contributed by atoms with Gasteiger partial charge in [0, 0.05) is 31.9 Å². The molecule has 0 saturated carbocycles. The van der Waals surface area contributed by atoms with Gasteiger partial charge in [0.15, 0.2) is 0 Å². The highest BCUT2D eigenvalue weighted by molar-refractivity contribution is 5.97. The van der Waals surface area contributed by atoms with Gasteiger partial charge in [-0.15, -0.1) is 5.10 Å². The summed E-state index contributed by atoms with van der Waals surface area (Å²) in [6, 6.07) is 4.75. The molecule has 9 heteroatoms. The number of phenolic OH excluding ortho intramolecular Hbond substituents is 1. The summed E-state index contributed by atoms with van der Waals surface area (Å²) in [6.07, 6.45) is 4.66. The van der Waals surface area contributed by atoms with E-state index in [2.05, 4.69) is 20.8 Å². The van der Waals surface area contributed by atoms with Crippen LogP contribution in [0.15, 0.2) is 24.5 Å². The average Bonchev–Trinajstić information content (AvgIpc) is 3.17. The Kier molecular flexibility index (Phi) is 4.56. The van der Waals surface area contributed by atoms with Crippen molar-refractivity contribution in [2.24, 2.45) is 0 Å². The summed E-state index contributed by atoms with van der Waals surface area (Å²) in [7, 11) is 0. The third-order valence-electron chi connectivity index (χ3n) is 5.07. The fourth-order valence-electron chi connectivity index (χ4n) is 3.64. The van der Waals surface area contributed by atoms with Crippen molar-refractivity contribution in [3.63, 3.8) is 0 Å². The van der Waals surface area contributed by atoms with Gasteiger partial charge in [-0.25, -0.2) is 4.68 Å². The smallest absolute Gasteiger partial charge is 0.255 e. The third kappa shape index (κ3) is 3.40. The highest BCUT2D eigenvalue weighted by Crippen LogP contribution is 2.34. The molecular formula is C17H21N5O4. The Balaban J connectivity index is 1.44. The van der Waals surface area contributed by atoms with E-state index in [9.17, 15) is 9.90 Å². The number of hydrogen-bond acceptors (Lipinski definition) is 7. The molecule has 2 aliphatic heterocycles. The average molecular weight is 359 g/mol. The SMILES string of the molecule is O=C(NC1CCOC2(CCOCC2)C1)c1ccc(-n2cnnn2)cc1O. The molecular weight excluding hydrogens is 338 g/mol. The lowest BCUT2D eigenvalue weighted by atomic mass is 9.84. The molecule has 2 N–H and O–H groups in total. The van der Waals surface area contributed by atoms with Crippen LogP contribution in [0.5, 0.6) is 5.75 Å². The summed E-state index contributed by atoms with van der Waals surface area (Å²) in [6.45, 7) is 2.01. The van der Waals surface area contributed by atoms with Crippen molar-refractivity contribution in [1.29, 1.82) is 0 Å². The van der Waals surface area contributed by atoms with Gasteiger partial charge in [-0.1, -0.05) is 0 Å². The van der Waals surface area contributed by atoms with Gasteiger partial charge in [-0.05, 0) is 48.2 Å². The molecule has 2 aromatic rings. The molecule has 1 unspecified atom stereocenters. The highest BCUT2D eigenvalue weighted by atomic mass is 16.5. The van der Waals surface area contributed by atoms with Crippen LogP contribution in [0.2, 0.25) is 0 Å². The molecule has 1 amide bonds. The molecule has 1 atom stereocenters. The van der Waals surface area contributed by atoms with E-state index in [1.54, 1.807) is 12.1 Å². The van der Waals surface area contributed by atoms with Crippen LogP contribution in [0.25, 0.3) is 5.69 Å². The number of carbonyl (C=O) groups excluding carboxylic acids is 1. The topological polar surface area (TPSA) is 111 Å². The number of aromatic nitrogens is 4. The Labute approximate surface area is 150 Å². The Bertz CT molecular complexity index is 768. The predicted octanol–water partition coefficient (Wildman–Crippen LogP) is 0.826. The number of ether oxygens (including phenoxy) is 2. The summed E-state index contributed by atoms with van der Waals surface area (Å²) in [4.78, 5) is 12.6. The number of rotatable bonds is 3. The lowest BCUT2D eigenvalue weighted by Crippen LogP contribution is -2.51. The molecule has 9 nitrogen and oxygen atoms in total. The van der Waals surface area contributed by atoms with Gasteiger partial charge < -0.3 is 19.9 Å². The van der Waals surface area contributed by atoms with Crippen molar-refractivity contribution in [2.75, 3.05) is 19.8 Å². The van der Waals surface area contributed by atoms with Crippen molar-refractivity contribution in [3.05, 3.63) is 30.1 Å². The van der Waals surface area contributed by atoms with Gasteiger partial charge in [0.25, 0.3) is 5.91 Å². The first-order valence-corrected chi connectivity index (χ1v) is 8.74. The molecule has 1 aromatic heterocycles. The van der Waals surface area contributed by atoms with Crippen LogP contribution in [0.3, 0.4) is 0 Å². The van der Waals surface area contributed by atoms with Crippen LogP contribution in [-0.4, -0.2) is 62.7 Å². The maximum absolute atomic E-state index is 12.6. The molecule has 2 aliphatic rings. The van der Waals surface area contributed by atoms with Gasteiger partial charge in [0.05, 0.1) is 16.9 Å². The number of nitrogens with one attached hydrogen (secondary N) is 1. The van der Waals surface area contributed by atoms with Gasteiger partial charge in [0.2, 0.25) is 0 Å². The number of benzene rings is 1. The minimum Gasteiger partial charge on any atom is -0.507 e. The summed E-state index contributed by atoms with van der Waals surface area (Å²) in [5.74, 6) is -0.400. The van der Waals surface area contributed by atoms with E-state index < -0.39 is 0 Å². The lowest BCUT2D eigenvalue weighted by Gasteiger charge is -2.43. The minimum absolute atomic E-state index is 0.0212. The van der Waals surface area contributed by atoms with Crippen LogP contribution in [0, 0.1) is 0 Å². The van der Waals surface area contributed by atoms with Crippen LogP contribution in [0.1, 0.15) is 36.0 Å². The van der Waals surface area contributed by atoms with Crippen LogP contribution in [0.4, 0.5) is 0 Å². The first kappa shape index (κ1) is 16.9. The Morgan fingerprint density at radius 1 is 1.31 bits per heavy atom. The minimum atomic E-state index is -0.292. The largest absolute Gasteiger partial charge is 0.507 e. The lowest BCUT2D eigenvalue weighted by molar-refractivity contribution is -0.139. The van der Waals surface area contributed by atoms with Gasteiger partial charge in [0.1, 0.15) is 12.1 Å². The zero-order valence-electron chi connectivity index (χ0n) is 14.3. The van der Waals surface area contributed by atoms with E-state index in [1.165, 1.54) is 17.1 Å². The Morgan fingerprint density at radius 3 is 2.88 bits per heavy atom. The number of nitrogens with zero attached hydrogens (tertiary/aromatic N) is 4. The maximum atomic E-state index is 12.6. The summed E-state index contributed by atoms with van der Waals surface area (Å²) in [5, 5.41) is 24.2.